The Kier molecular flexibility index (Phi) is 1.86. The van der Waals surface area contributed by atoms with Crippen molar-refractivity contribution < 1.29 is 14.8 Å². The largest absolute Gasteiger partial charge is 0.481 e. The molecule has 88 valence electrons. The van der Waals surface area contributed by atoms with Crippen LogP contribution in [0, 0.1) is 33.3 Å². The summed E-state index contributed by atoms with van der Waals surface area (Å²) in [5.74, 6) is -0.284. The van der Waals surface area contributed by atoms with Crippen molar-refractivity contribution in [2.24, 2.45) is 23.2 Å². The zero-order chi connectivity index (χ0) is 11.5. The molecular formula is C11H15NO4. The van der Waals surface area contributed by atoms with Gasteiger partial charge in [-0.25, -0.2) is 0 Å². The quantitative estimate of drug-likeness (QED) is 0.571. The topological polar surface area (TPSA) is 80.4 Å². The number of nitro groups is 1. The van der Waals surface area contributed by atoms with E-state index in [0.717, 1.165) is 19.3 Å². The van der Waals surface area contributed by atoms with Gasteiger partial charge in [-0.1, -0.05) is 0 Å². The van der Waals surface area contributed by atoms with Crippen molar-refractivity contribution in [1.29, 1.82) is 0 Å². The SMILES string of the molecule is O=C(O)C12CC3CC(C1)C([N+](=O)[O-])C(C3)C2. The molecule has 5 nitrogen and oxygen atoms in total. The maximum atomic E-state index is 11.4. The Balaban J connectivity index is 1.95. The molecule has 4 fully saturated rings. The van der Waals surface area contributed by atoms with Gasteiger partial charge in [-0.2, -0.15) is 0 Å². The summed E-state index contributed by atoms with van der Waals surface area (Å²) in [4.78, 5) is 22.2. The lowest BCUT2D eigenvalue weighted by Gasteiger charge is -2.54. The van der Waals surface area contributed by atoms with Crippen LogP contribution in [-0.4, -0.2) is 22.0 Å². The Hall–Kier alpha value is -1.13. The van der Waals surface area contributed by atoms with Gasteiger partial charge in [0.1, 0.15) is 0 Å². The van der Waals surface area contributed by atoms with E-state index in [-0.39, 0.29) is 16.8 Å². The molecule has 4 aliphatic carbocycles. The van der Waals surface area contributed by atoms with Gasteiger partial charge in [0.05, 0.1) is 5.41 Å². The highest BCUT2D eigenvalue weighted by molar-refractivity contribution is 5.75. The lowest BCUT2D eigenvalue weighted by atomic mass is 9.48. The summed E-state index contributed by atoms with van der Waals surface area (Å²) in [6.45, 7) is 0. The molecule has 2 atom stereocenters. The fourth-order valence-electron chi connectivity index (χ4n) is 4.60. The van der Waals surface area contributed by atoms with E-state index >= 15 is 0 Å². The summed E-state index contributed by atoms with van der Waals surface area (Å²) in [7, 11) is 0. The predicted molar refractivity (Wildman–Crippen MR) is 54.4 cm³/mol. The lowest BCUT2D eigenvalue weighted by Crippen LogP contribution is -2.58. The minimum absolute atomic E-state index is 0.0114. The van der Waals surface area contributed by atoms with Gasteiger partial charge in [0.25, 0.3) is 0 Å². The molecule has 4 saturated carbocycles. The number of carboxylic acid groups (broad SMARTS) is 1. The number of hydrogen-bond donors (Lipinski definition) is 1. The minimum Gasteiger partial charge on any atom is -0.481 e. The van der Waals surface area contributed by atoms with E-state index < -0.39 is 17.4 Å². The van der Waals surface area contributed by atoms with E-state index in [4.69, 9.17) is 0 Å². The Morgan fingerprint density at radius 1 is 1.25 bits per heavy atom. The van der Waals surface area contributed by atoms with E-state index in [9.17, 15) is 20.0 Å². The molecule has 0 radical (unpaired) electrons. The zero-order valence-electron chi connectivity index (χ0n) is 8.96. The predicted octanol–water partition coefficient (Wildman–Crippen LogP) is 1.54. The van der Waals surface area contributed by atoms with Crippen LogP contribution in [0.5, 0.6) is 0 Å². The zero-order valence-corrected chi connectivity index (χ0v) is 8.96. The van der Waals surface area contributed by atoms with E-state index in [1.165, 1.54) is 0 Å². The maximum absolute atomic E-state index is 11.4. The Morgan fingerprint density at radius 3 is 2.25 bits per heavy atom. The second-order valence-electron chi connectivity index (χ2n) is 5.83. The van der Waals surface area contributed by atoms with Crippen LogP contribution in [0.2, 0.25) is 0 Å². The van der Waals surface area contributed by atoms with Crippen molar-refractivity contribution in [3.8, 4) is 0 Å². The summed E-state index contributed by atoms with van der Waals surface area (Å²) in [6, 6.07) is -0.468. The summed E-state index contributed by atoms with van der Waals surface area (Å²) < 4.78 is 0. The number of rotatable bonds is 2. The van der Waals surface area contributed by atoms with Gasteiger partial charge >= 0.3 is 5.97 Å². The second-order valence-corrected chi connectivity index (χ2v) is 5.83. The number of carbonyl (C=O) groups is 1. The van der Waals surface area contributed by atoms with Crippen LogP contribution < -0.4 is 0 Å². The first-order valence-electron chi connectivity index (χ1n) is 5.89. The first-order valence-corrected chi connectivity index (χ1v) is 5.89. The molecule has 2 unspecified atom stereocenters. The smallest absolute Gasteiger partial charge is 0.309 e. The number of aliphatic carboxylic acids is 1. The molecule has 1 N–H and O–H groups in total. The first-order chi connectivity index (χ1) is 7.52. The highest BCUT2D eigenvalue weighted by atomic mass is 16.6. The summed E-state index contributed by atoms with van der Waals surface area (Å²) in [5, 5.41) is 20.4. The van der Waals surface area contributed by atoms with Crippen molar-refractivity contribution in [2.75, 3.05) is 0 Å². The van der Waals surface area contributed by atoms with E-state index in [2.05, 4.69) is 0 Å². The van der Waals surface area contributed by atoms with Crippen molar-refractivity contribution in [3.63, 3.8) is 0 Å². The van der Waals surface area contributed by atoms with Gasteiger partial charge in [-0.3, -0.25) is 14.9 Å². The number of nitrogens with zero attached hydrogens (tertiary/aromatic N) is 1. The van der Waals surface area contributed by atoms with Gasteiger partial charge in [0.2, 0.25) is 6.04 Å². The molecule has 0 aromatic rings. The minimum atomic E-state index is -0.728. The van der Waals surface area contributed by atoms with Gasteiger partial charge in [-0.05, 0) is 38.0 Å². The van der Waals surface area contributed by atoms with Gasteiger partial charge < -0.3 is 5.11 Å². The van der Waals surface area contributed by atoms with Gasteiger partial charge in [0.15, 0.2) is 0 Å². The molecule has 0 spiro atoms. The molecule has 0 aromatic heterocycles. The lowest BCUT2D eigenvalue weighted by molar-refractivity contribution is -0.554. The average Bonchev–Trinajstić information content (AvgIpc) is 2.14. The van der Waals surface area contributed by atoms with Crippen molar-refractivity contribution in [1.82, 2.24) is 0 Å². The molecule has 4 aliphatic rings. The molecule has 0 saturated heterocycles. The summed E-state index contributed by atoms with van der Waals surface area (Å²) in [6.07, 6.45) is 3.55. The Bertz CT molecular complexity index is 351. The fourth-order valence-corrected chi connectivity index (χ4v) is 4.60. The molecule has 4 bridgehead atoms. The molecule has 0 amide bonds. The van der Waals surface area contributed by atoms with Crippen LogP contribution in [-0.2, 0) is 4.79 Å². The Morgan fingerprint density at radius 2 is 1.81 bits per heavy atom. The van der Waals surface area contributed by atoms with Crippen LogP contribution >= 0.6 is 0 Å². The summed E-state index contributed by atoms with van der Waals surface area (Å²) >= 11 is 0. The molecule has 16 heavy (non-hydrogen) atoms. The van der Waals surface area contributed by atoms with E-state index in [1.54, 1.807) is 0 Å². The molecule has 0 aromatic carbocycles. The highest BCUT2D eigenvalue weighted by Gasteiger charge is 2.62. The van der Waals surface area contributed by atoms with Gasteiger partial charge in [0, 0.05) is 16.8 Å². The van der Waals surface area contributed by atoms with Crippen LogP contribution in [0.15, 0.2) is 0 Å². The third-order valence-corrected chi connectivity index (χ3v) is 4.92. The molecule has 0 heterocycles. The maximum Gasteiger partial charge on any atom is 0.309 e. The third-order valence-electron chi connectivity index (χ3n) is 4.92. The fraction of sp³-hybridized carbons (Fsp3) is 0.909. The standard InChI is InChI=1S/C11H15NO4/c13-10(14)11-3-6-1-7(4-11)9(12(15)16)8(2-6)5-11/h6-9H,1-5H2,(H,13,14). The monoisotopic (exact) mass is 225 g/mol. The Labute approximate surface area is 93.0 Å². The van der Waals surface area contributed by atoms with Crippen LogP contribution in [0.4, 0.5) is 0 Å². The molecule has 5 heteroatoms. The van der Waals surface area contributed by atoms with Crippen LogP contribution in [0.25, 0.3) is 0 Å². The molecule has 4 rings (SSSR count). The highest BCUT2D eigenvalue weighted by Crippen LogP contribution is 2.60. The average molecular weight is 225 g/mol. The van der Waals surface area contributed by atoms with Crippen LogP contribution in [0.1, 0.15) is 32.1 Å². The van der Waals surface area contributed by atoms with E-state index in [1.807, 2.05) is 0 Å². The van der Waals surface area contributed by atoms with Gasteiger partial charge in [-0.15, -0.1) is 0 Å². The second kappa shape index (κ2) is 2.96. The summed E-state index contributed by atoms with van der Waals surface area (Å²) in [5.41, 5.74) is -0.622. The number of hydrogen-bond acceptors (Lipinski definition) is 3. The number of carboxylic acids is 1. The molecular weight excluding hydrogens is 210 g/mol. The van der Waals surface area contributed by atoms with Crippen molar-refractivity contribution >= 4 is 5.97 Å². The third kappa shape index (κ3) is 1.14. The van der Waals surface area contributed by atoms with Crippen LogP contribution in [0.3, 0.4) is 0 Å². The van der Waals surface area contributed by atoms with Crippen molar-refractivity contribution in [3.05, 3.63) is 10.1 Å². The van der Waals surface area contributed by atoms with E-state index in [0.29, 0.717) is 18.8 Å². The normalized spacial score (nSPS) is 49.2. The first kappa shape index (κ1) is 10.1. The molecule has 0 aliphatic heterocycles. The van der Waals surface area contributed by atoms with Crippen molar-refractivity contribution in [2.45, 2.75) is 38.1 Å².